The summed E-state index contributed by atoms with van der Waals surface area (Å²) >= 11 is 0. The lowest BCUT2D eigenvalue weighted by molar-refractivity contribution is 0.261. The number of rotatable bonds is 22. The van der Waals surface area contributed by atoms with Crippen molar-refractivity contribution in [3.63, 3.8) is 0 Å². The van der Waals surface area contributed by atoms with Gasteiger partial charge in [0, 0.05) is 51.1 Å². The van der Waals surface area contributed by atoms with Gasteiger partial charge < -0.3 is 48.8 Å². The Kier molecular flexibility index (Phi) is 30.9. The maximum Gasteiger partial charge on any atom is 0.191 e. The number of amidine groups is 4. The quantitative estimate of drug-likeness (QED) is 0.00987. The molecule has 0 atom stereocenters. The Bertz CT molecular complexity index is 5380. The highest BCUT2D eigenvalue weighted by molar-refractivity contribution is 5.97. The van der Waals surface area contributed by atoms with E-state index in [9.17, 15) is 4.39 Å². The maximum atomic E-state index is 13.0. The smallest absolute Gasteiger partial charge is 0.191 e. The minimum atomic E-state index is -0.294. The Hall–Kier alpha value is -16.1. The number of nitrogens with zero attached hydrogens (tertiary/aromatic N) is 10. The molecule has 0 heterocycles. The summed E-state index contributed by atoms with van der Waals surface area (Å²) in [7, 11) is 5.65. The van der Waals surface area contributed by atoms with Crippen LogP contribution in [0.3, 0.4) is 0 Å². The zero-order valence-electron chi connectivity index (χ0n) is 60.4. The number of halogens is 1. The van der Waals surface area contributed by atoms with Crippen molar-refractivity contribution in [1.82, 2.24) is 4.90 Å². The highest BCUT2D eigenvalue weighted by Gasteiger charge is 2.07. The number of nitrogens with two attached hydrogens (primary N) is 6. The van der Waals surface area contributed by atoms with E-state index in [-0.39, 0.29) is 35.1 Å². The number of aliphatic imine (C=N–C) groups is 1. The van der Waals surface area contributed by atoms with Crippen LogP contribution in [0.15, 0.2) is 307 Å². The molecule has 27 heteroatoms. The van der Waals surface area contributed by atoms with E-state index in [1.807, 2.05) is 105 Å². The average molecular weight is 1470 g/mol. The molecule has 0 fully saturated rings. The summed E-state index contributed by atoms with van der Waals surface area (Å²) in [6.07, 6.45) is 5.27. The fourth-order valence-corrected chi connectivity index (χ4v) is 8.94. The molecule has 0 aliphatic heterocycles. The van der Waals surface area contributed by atoms with Crippen LogP contribution >= 0.6 is 0 Å². The normalized spacial score (nSPS) is 10.3. The summed E-state index contributed by atoms with van der Waals surface area (Å²) in [6, 6.07) is 76.4. The topological polar surface area (TPSA) is 433 Å². The number of terminal acetylenes is 1. The summed E-state index contributed by atoms with van der Waals surface area (Å²) in [6.45, 7) is 1.51. The molecule has 0 radical (unpaired) electrons. The maximum absolute atomic E-state index is 13.0. The van der Waals surface area contributed by atoms with Crippen LogP contribution in [-0.4, -0.2) is 68.6 Å². The van der Waals surface area contributed by atoms with E-state index < -0.39 is 0 Å². The highest BCUT2D eigenvalue weighted by Crippen LogP contribution is 2.27. The van der Waals surface area contributed by atoms with Gasteiger partial charge in [-0.05, 0) is 251 Å². The van der Waals surface area contributed by atoms with Crippen LogP contribution in [0.1, 0.15) is 61.2 Å². The molecule has 0 aromatic heterocycles. The number of likely N-dealkylation sites (N-methyl/N-ethyl adjacent to an activating group) is 1. The fourth-order valence-electron chi connectivity index (χ4n) is 8.94. The second kappa shape index (κ2) is 42.6. The molecule has 0 bridgehead atoms. The van der Waals surface area contributed by atoms with Gasteiger partial charge in [-0.3, -0.25) is 43.3 Å². The van der Waals surface area contributed by atoms with Crippen LogP contribution in [0, 0.1) is 75.3 Å². The lowest BCUT2D eigenvalue weighted by Crippen LogP contribution is -2.21. The third kappa shape index (κ3) is 28.1. The molecule has 0 spiro atoms. The minimum absolute atomic E-state index is 0.00482. The van der Waals surface area contributed by atoms with E-state index in [0.717, 1.165) is 57.4 Å². The van der Waals surface area contributed by atoms with E-state index in [1.165, 1.54) is 12.1 Å². The Labute approximate surface area is 641 Å². The molecule has 11 aromatic rings. The number of nitrogen functional groups attached to an aromatic ring is 4. The predicted octanol–water partition coefficient (Wildman–Crippen LogP) is 15.5. The van der Waals surface area contributed by atoms with Gasteiger partial charge in [0.1, 0.15) is 64.3 Å². The number of anilines is 4. The van der Waals surface area contributed by atoms with Gasteiger partial charge in [-0.25, -0.2) is 9.38 Å². The highest BCUT2D eigenvalue weighted by atomic mass is 19.1. The zero-order chi connectivity index (χ0) is 79.1. The van der Waals surface area contributed by atoms with Crippen LogP contribution in [0.5, 0.6) is 11.5 Å². The van der Waals surface area contributed by atoms with Crippen molar-refractivity contribution >= 4 is 80.5 Å². The number of hydrogen-bond donors (Lipinski definition) is 14. The van der Waals surface area contributed by atoms with Crippen molar-refractivity contribution in [3.8, 4) is 59.4 Å². The van der Waals surface area contributed by atoms with Crippen LogP contribution in [0.4, 0.5) is 55.6 Å². The standard InChI is InChI=1S/C25H26N6O.C23H22N8O.C21H16FN5.C15H13N5/c1-31(2)17-18-32-23-15-8-19(9-16-23)7-10-20-5-3-4-6-24(20)29-30-28-22-13-11-21(12-14-22)25(26)27;1-32-20-12-3-15(4-13-20)2-5-16-6-11-19(28-23(26)27)14-21(16)30-31-29-18-9-7-17(8-10-18)22(24)25;22-18-11-6-15(7-12-18)5-8-16-3-1-2-4-20(16)26-27-25-19-13-9-17(10-14-19)21(23)24;1-2-11-3-7-13(8-4-11)18-20-19-14-9-5-12(6-10-14)15(16)17/h3-6,8-9,11-16H,17-18H2,1-2H3,(H3,26,27)(H,28,29);3-4,6-14H,1H3,(H3,24,25)(H,29,30)(H4,26,27,28);1-4,6-7,9-14H,(H3,23,24)(H,25,26);1,3-10H,(H3,16,17)(H,18,19). The Morgan fingerprint density at radius 3 is 1.11 bits per heavy atom. The summed E-state index contributed by atoms with van der Waals surface area (Å²) < 4.78 is 23.8. The first-order valence-electron chi connectivity index (χ1n) is 33.5. The summed E-state index contributed by atoms with van der Waals surface area (Å²) in [5.74, 6) is 22.3. The number of methoxy groups -OCH3 is 1. The molecule has 111 heavy (non-hydrogen) atoms. The van der Waals surface area contributed by atoms with E-state index in [0.29, 0.717) is 79.7 Å². The van der Waals surface area contributed by atoms with E-state index in [2.05, 4.69) is 114 Å². The van der Waals surface area contributed by atoms with Crippen molar-refractivity contribution in [1.29, 1.82) is 21.6 Å². The number of nitrogens with one attached hydrogen (secondary N) is 8. The van der Waals surface area contributed by atoms with Crippen LogP contribution < -0.4 is 65.6 Å². The second-order valence-corrected chi connectivity index (χ2v) is 23.3. The molecule has 0 aliphatic rings. The van der Waals surface area contributed by atoms with Gasteiger partial charge in [-0.15, -0.1) is 26.9 Å². The van der Waals surface area contributed by atoms with Gasteiger partial charge in [0.2, 0.25) is 0 Å². The lowest BCUT2D eigenvalue weighted by Gasteiger charge is -2.10. The average Bonchev–Trinajstić information content (AvgIpc) is 0.846. The Morgan fingerprint density at radius 1 is 0.396 bits per heavy atom. The summed E-state index contributed by atoms with van der Waals surface area (Å²) in [5, 5.41) is 62.2. The van der Waals surface area contributed by atoms with Crippen LogP contribution in [0.25, 0.3) is 0 Å². The van der Waals surface area contributed by atoms with Crippen molar-refractivity contribution in [2.75, 3.05) is 56.1 Å². The molecular weight excluding hydrogens is 1400 g/mol. The summed E-state index contributed by atoms with van der Waals surface area (Å²) in [4.78, 5) is 6.12. The fraction of sp³-hybridized carbons (Fsp3) is 0.0595. The van der Waals surface area contributed by atoms with Crippen LogP contribution in [0.2, 0.25) is 0 Å². The van der Waals surface area contributed by atoms with Gasteiger partial charge in [-0.1, -0.05) is 86.6 Å². The molecule has 26 nitrogen and oxygen atoms in total. The van der Waals surface area contributed by atoms with Gasteiger partial charge in [0.05, 0.1) is 57.9 Å². The van der Waals surface area contributed by atoms with Crippen molar-refractivity contribution in [2.45, 2.75) is 0 Å². The van der Waals surface area contributed by atoms with E-state index in [4.69, 9.17) is 71.9 Å². The molecular formula is C84H77FN24O2. The van der Waals surface area contributed by atoms with Gasteiger partial charge >= 0.3 is 0 Å². The molecule has 0 saturated heterocycles. The monoisotopic (exact) mass is 1470 g/mol. The first-order valence-corrected chi connectivity index (χ1v) is 33.5. The third-order valence-electron chi connectivity index (χ3n) is 14.8. The van der Waals surface area contributed by atoms with Crippen LogP contribution in [-0.2, 0) is 0 Å². The zero-order valence-corrected chi connectivity index (χ0v) is 60.4. The summed E-state index contributed by atoms with van der Waals surface area (Å²) in [5.41, 5.74) is 57.8. The molecule has 11 rings (SSSR count). The number of ether oxygens (including phenoxy) is 2. The van der Waals surface area contributed by atoms with E-state index in [1.54, 1.807) is 165 Å². The molecule has 0 unspecified atom stereocenters. The molecule has 0 amide bonds. The number of hydrogen-bond acceptors (Lipinski definition) is 16. The number of benzene rings is 11. The Balaban J connectivity index is 0.000000188. The van der Waals surface area contributed by atoms with Crippen molar-refractivity contribution < 1.29 is 13.9 Å². The first-order chi connectivity index (χ1) is 53.7. The molecule has 0 aliphatic carbocycles. The van der Waals surface area contributed by atoms with Gasteiger partial charge in [0.15, 0.2) is 5.96 Å². The number of guanidine groups is 1. The largest absolute Gasteiger partial charge is 0.497 e. The lowest BCUT2D eigenvalue weighted by atomic mass is 10.1. The third-order valence-corrected chi connectivity index (χ3v) is 14.8. The predicted molar refractivity (Wildman–Crippen MR) is 439 cm³/mol. The first kappa shape index (κ1) is 80.6. The molecule has 0 saturated carbocycles. The molecule has 552 valence electrons. The van der Waals surface area contributed by atoms with Crippen molar-refractivity contribution in [2.24, 2.45) is 80.7 Å². The minimum Gasteiger partial charge on any atom is -0.497 e. The van der Waals surface area contributed by atoms with Gasteiger partial charge in [-0.2, -0.15) is 0 Å². The Morgan fingerprint density at radius 2 is 0.739 bits per heavy atom. The van der Waals surface area contributed by atoms with E-state index >= 15 is 0 Å². The second-order valence-electron chi connectivity index (χ2n) is 23.3. The SMILES string of the molecule is C#Cc1ccc(N=NNc2ccc(C(=N)N)cc2)cc1.CN(C)CCOc1ccc(C#Cc2ccccc2N=NNc2ccc(C(=N)N)cc2)cc1.COc1ccc(C#Cc2ccc(N=C(N)N)cc2N=NNc2ccc(C(=N)N)cc2)cc1.N=C(N)c1ccc(NN=Nc2ccccc2C#Cc2ccc(F)cc2)cc1. The molecule has 11 aromatic carbocycles. The van der Waals surface area contributed by atoms with Crippen molar-refractivity contribution in [3.05, 3.63) is 328 Å². The van der Waals surface area contributed by atoms with Gasteiger partial charge in [0.25, 0.3) is 0 Å². The molecule has 20 N–H and O–H groups in total.